The topological polar surface area (TPSA) is 12.0 Å². The molecule has 0 saturated heterocycles. The van der Waals surface area contributed by atoms with Gasteiger partial charge < -0.3 is 5.32 Å². The molecule has 4 heteroatoms. The van der Waals surface area contributed by atoms with Gasteiger partial charge in [-0.3, -0.25) is 0 Å². The number of hydrogen-bond donors (Lipinski definition) is 1. The molecule has 1 aliphatic carbocycles. The van der Waals surface area contributed by atoms with Crippen molar-refractivity contribution in [2.45, 2.75) is 51.4 Å². The van der Waals surface area contributed by atoms with Gasteiger partial charge in [0.05, 0.1) is 5.56 Å². The van der Waals surface area contributed by atoms with Crippen LogP contribution in [0.5, 0.6) is 0 Å². The molecule has 0 aromatic heterocycles. The summed E-state index contributed by atoms with van der Waals surface area (Å²) in [6.45, 7) is 2.37. The molecule has 0 amide bonds. The highest BCUT2D eigenvalue weighted by atomic mass is 19.4. The van der Waals surface area contributed by atoms with E-state index in [1.807, 2.05) is 0 Å². The SMILES string of the molecule is CCC(CC1CC1)NCc1ccccc1C(F)(F)F. The van der Waals surface area contributed by atoms with E-state index in [2.05, 4.69) is 12.2 Å². The van der Waals surface area contributed by atoms with Gasteiger partial charge in [0.2, 0.25) is 0 Å². The molecule has 0 aliphatic heterocycles. The van der Waals surface area contributed by atoms with Crippen LogP contribution < -0.4 is 5.32 Å². The molecule has 1 aromatic carbocycles. The van der Waals surface area contributed by atoms with Crippen molar-refractivity contribution in [2.75, 3.05) is 0 Å². The number of halogens is 3. The second-order valence-electron chi connectivity index (χ2n) is 5.32. The maximum atomic E-state index is 12.8. The van der Waals surface area contributed by atoms with Crippen LogP contribution in [-0.4, -0.2) is 6.04 Å². The van der Waals surface area contributed by atoms with Crippen LogP contribution in [0.2, 0.25) is 0 Å². The van der Waals surface area contributed by atoms with E-state index in [1.165, 1.54) is 18.9 Å². The summed E-state index contributed by atoms with van der Waals surface area (Å²) in [6, 6.07) is 6.13. The first-order valence-electron chi connectivity index (χ1n) is 6.89. The summed E-state index contributed by atoms with van der Waals surface area (Å²) < 4.78 is 38.5. The van der Waals surface area contributed by atoms with Crippen LogP contribution >= 0.6 is 0 Å². The minimum absolute atomic E-state index is 0.293. The molecule has 19 heavy (non-hydrogen) atoms. The van der Waals surface area contributed by atoms with Gasteiger partial charge in [0.25, 0.3) is 0 Å². The molecule has 106 valence electrons. The maximum absolute atomic E-state index is 12.8. The monoisotopic (exact) mass is 271 g/mol. The fraction of sp³-hybridized carbons (Fsp3) is 0.600. The molecule has 1 saturated carbocycles. The predicted octanol–water partition coefficient (Wildman–Crippen LogP) is 4.37. The number of nitrogens with one attached hydrogen (secondary N) is 1. The first kappa shape index (κ1) is 14.4. The quantitative estimate of drug-likeness (QED) is 0.810. The minimum atomic E-state index is -4.27. The van der Waals surface area contributed by atoms with Crippen molar-refractivity contribution in [3.05, 3.63) is 35.4 Å². The van der Waals surface area contributed by atoms with E-state index in [9.17, 15) is 13.2 Å². The van der Waals surface area contributed by atoms with Gasteiger partial charge in [-0.1, -0.05) is 38.0 Å². The van der Waals surface area contributed by atoms with E-state index >= 15 is 0 Å². The van der Waals surface area contributed by atoms with Crippen molar-refractivity contribution in [1.29, 1.82) is 0 Å². The van der Waals surface area contributed by atoms with E-state index < -0.39 is 11.7 Å². The van der Waals surface area contributed by atoms with E-state index in [-0.39, 0.29) is 0 Å². The average Bonchev–Trinajstić information content (AvgIpc) is 3.17. The Hall–Kier alpha value is -1.03. The van der Waals surface area contributed by atoms with Crippen molar-refractivity contribution < 1.29 is 13.2 Å². The smallest absolute Gasteiger partial charge is 0.310 e. The third-order valence-electron chi connectivity index (χ3n) is 3.71. The first-order valence-corrected chi connectivity index (χ1v) is 6.89. The standard InChI is InChI=1S/C15H20F3N/c1-2-13(9-11-7-8-11)19-10-12-5-3-4-6-14(12)15(16,17)18/h3-6,11,13,19H,2,7-10H2,1H3. The number of hydrogen-bond acceptors (Lipinski definition) is 1. The van der Waals surface area contributed by atoms with Crippen LogP contribution in [0.4, 0.5) is 13.2 Å². The van der Waals surface area contributed by atoms with Crippen LogP contribution in [0, 0.1) is 5.92 Å². The zero-order chi connectivity index (χ0) is 13.9. The molecule has 1 aliphatic rings. The minimum Gasteiger partial charge on any atom is -0.310 e. The Kier molecular flexibility index (Phi) is 4.50. The van der Waals surface area contributed by atoms with Crippen LogP contribution in [0.25, 0.3) is 0 Å². The van der Waals surface area contributed by atoms with Crippen molar-refractivity contribution in [3.8, 4) is 0 Å². The summed E-state index contributed by atoms with van der Waals surface area (Å²) >= 11 is 0. The molecule has 0 bridgehead atoms. The number of alkyl halides is 3. The van der Waals surface area contributed by atoms with Gasteiger partial charge in [0.15, 0.2) is 0 Å². The molecule has 0 heterocycles. The van der Waals surface area contributed by atoms with Gasteiger partial charge in [0, 0.05) is 12.6 Å². The highest BCUT2D eigenvalue weighted by Gasteiger charge is 2.33. The van der Waals surface area contributed by atoms with Gasteiger partial charge >= 0.3 is 6.18 Å². The number of rotatable bonds is 6. The Balaban J connectivity index is 1.97. The summed E-state index contributed by atoms with van der Waals surface area (Å²) in [6.07, 6.45) is 0.334. The van der Waals surface area contributed by atoms with Crippen molar-refractivity contribution in [3.63, 3.8) is 0 Å². The first-order chi connectivity index (χ1) is 9.00. The van der Waals surface area contributed by atoms with Gasteiger partial charge in [-0.2, -0.15) is 13.2 Å². The Morgan fingerprint density at radius 2 is 1.95 bits per heavy atom. The lowest BCUT2D eigenvalue weighted by Gasteiger charge is -2.19. The Morgan fingerprint density at radius 3 is 2.53 bits per heavy atom. The molecule has 1 aromatic rings. The lowest BCUT2D eigenvalue weighted by atomic mass is 10.0. The number of benzene rings is 1. The lowest BCUT2D eigenvalue weighted by molar-refractivity contribution is -0.138. The molecule has 0 radical (unpaired) electrons. The molecular formula is C15H20F3N. The maximum Gasteiger partial charge on any atom is 0.416 e. The lowest BCUT2D eigenvalue weighted by Crippen LogP contribution is -2.29. The van der Waals surface area contributed by atoms with E-state index in [0.717, 1.165) is 24.8 Å². The molecule has 1 unspecified atom stereocenters. The molecule has 1 N–H and O–H groups in total. The van der Waals surface area contributed by atoms with Crippen LogP contribution in [-0.2, 0) is 12.7 Å². The Morgan fingerprint density at radius 1 is 1.26 bits per heavy atom. The van der Waals surface area contributed by atoms with Gasteiger partial charge in [-0.05, 0) is 30.4 Å². The van der Waals surface area contributed by atoms with Crippen molar-refractivity contribution in [2.24, 2.45) is 5.92 Å². The fourth-order valence-electron chi connectivity index (χ4n) is 2.36. The predicted molar refractivity (Wildman–Crippen MR) is 69.7 cm³/mol. The fourth-order valence-corrected chi connectivity index (χ4v) is 2.36. The summed E-state index contributed by atoms with van der Waals surface area (Å²) in [5, 5.41) is 3.27. The zero-order valence-corrected chi connectivity index (χ0v) is 11.1. The zero-order valence-electron chi connectivity index (χ0n) is 11.1. The average molecular weight is 271 g/mol. The van der Waals surface area contributed by atoms with E-state index in [4.69, 9.17) is 0 Å². The summed E-state index contributed by atoms with van der Waals surface area (Å²) in [7, 11) is 0. The van der Waals surface area contributed by atoms with Gasteiger partial charge in [-0.25, -0.2) is 0 Å². The molecule has 2 rings (SSSR count). The third kappa shape index (κ3) is 4.23. The summed E-state index contributed by atoms with van der Waals surface area (Å²) in [4.78, 5) is 0. The molecule has 1 fully saturated rings. The Bertz CT molecular complexity index is 410. The van der Waals surface area contributed by atoms with E-state index in [1.54, 1.807) is 12.1 Å². The van der Waals surface area contributed by atoms with Crippen LogP contribution in [0.15, 0.2) is 24.3 Å². The largest absolute Gasteiger partial charge is 0.416 e. The molecule has 1 nitrogen and oxygen atoms in total. The third-order valence-corrected chi connectivity index (χ3v) is 3.71. The van der Waals surface area contributed by atoms with Crippen molar-refractivity contribution in [1.82, 2.24) is 5.32 Å². The molecule has 1 atom stereocenters. The van der Waals surface area contributed by atoms with E-state index in [0.29, 0.717) is 18.2 Å². The highest BCUT2D eigenvalue weighted by molar-refractivity contribution is 5.29. The molecular weight excluding hydrogens is 251 g/mol. The second-order valence-corrected chi connectivity index (χ2v) is 5.32. The van der Waals surface area contributed by atoms with Gasteiger partial charge in [-0.15, -0.1) is 0 Å². The van der Waals surface area contributed by atoms with Crippen molar-refractivity contribution >= 4 is 0 Å². The summed E-state index contributed by atoms with van der Waals surface area (Å²) in [5.74, 6) is 0.787. The Labute approximate surface area is 112 Å². The molecule has 0 spiro atoms. The summed E-state index contributed by atoms with van der Waals surface area (Å²) in [5.41, 5.74) is -0.187. The van der Waals surface area contributed by atoms with Crippen LogP contribution in [0.1, 0.15) is 43.7 Å². The highest BCUT2D eigenvalue weighted by Crippen LogP contribution is 2.34. The second kappa shape index (κ2) is 5.95. The van der Waals surface area contributed by atoms with Gasteiger partial charge in [0.1, 0.15) is 0 Å². The van der Waals surface area contributed by atoms with Crippen LogP contribution in [0.3, 0.4) is 0 Å². The normalized spacial score (nSPS) is 17.5.